The first-order valence-corrected chi connectivity index (χ1v) is 9.95. The van der Waals surface area contributed by atoms with E-state index in [0.717, 1.165) is 30.4 Å². The van der Waals surface area contributed by atoms with Crippen LogP contribution in [0.25, 0.3) is 0 Å². The molecule has 26 heavy (non-hydrogen) atoms. The second-order valence-electron chi connectivity index (χ2n) is 9.91. The molecule has 7 rings (SSSR count). The van der Waals surface area contributed by atoms with E-state index >= 15 is 0 Å². The van der Waals surface area contributed by atoms with Crippen molar-refractivity contribution in [2.45, 2.75) is 81.3 Å². The maximum Gasteiger partial charge on any atom is 0.334 e. The molecular formula is C20H24O6. The number of hydrogen-bond donors (Lipinski definition) is 1. The maximum absolute atomic E-state index is 12.1. The van der Waals surface area contributed by atoms with E-state index in [2.05, 4.69) is 20.8 Å². The van der Waals surface area contributed by atoms with Gasteiger partial charge in [-0.05, 0) is 36.7 Å². The zero-order valence-corrected chi connectivity index (χ0v) is 15.3. The van der Waals surface area contributed by atoms with Crippen LogP contribution < -0.4 is 0 Å². The lowest BCUT2D eigenvalue weighted by Crippen LogP contribution is -2.69. The standard InChI is InChI=1S/C20H24O6/c1-8(2)18-13(25-18)14-20(26-14)17(3)5-4-9-10(7-23-15(9)21)11(17)6-12-19(20,24-12)16(18)22/h8,11-14,16,22H,4-7H2,1-3H3/t11?,12-,13?,14-,16+,17-,18-,19+,20+/m0/s1. The van der Waals surface area contributed by atoms with Gasteiger partial charge < -0.3 is 24.1 Å². The Kier molecular flexibility index (Phi) is 2.19. The van der Waals surface area contributed by atoms with Crippen molar-refractivity contribution in [1.29, 1.82) is 0 Å². The zero-order chi connectivity index (χ0) is 17.9. The van der Waals surface area contributed by atoms with Gasteiger partial charge in [-0.1, -0.05) is 20.8 Å². The SMILES string of the molecule is CC(C)[C@]12OC1[C@@H]1O[C@]13[C@]1(O[C@H]1CC1C4=C(CC[C@@]13C)C(=O)OC4)[C@@H]2O. The number of aliphatic hydroxyl groups excluding tert-OH is 1. The topological polar surface area (TPSA) is 84.1 Å². The van der Waals surface area contributed by atoms with Crippen molar-refractivity contribution < 1.29 is 28.8 Å². The second-order valence-corrected chi connectivity index (χ2v) is 9.91. The highest BCUT2D eigenvalue weighted by atomic mass is 16.7. The number of ether oxygens (including phenoxy) is 4. The maximum atomic E-state index is 12.1. The van der Waals surface area contributed by atoms with E-state index in [-0.39, 0.29) is 41.5 Å². The Morgan fingerprint density at radius 2 is 2.00 bits per heavy atom. The van der Waals surface area contributed by atoms with Gasteiger partial charge in [0.05, 0.1) is 6.10 Å². The van der Waals surface area contributed by atoms with Gasteiger partial charge in [0.1, 0.15) is 36.1 Å². The predicted octanol–water partition coefficient (Wildman–Crippen LogP) is 1.10. The lowest BCUT2D eigenvalue weighted by atomic mass is 9.46. The molecule has 0 amide bonds. The van der Waals surface area contributed by atoms with Crippen molar-refractivity contribution in [3.63, 3.8) is 0 Å². The molecule has 1 N–H and O–H groups in total. The number of fused-ring (bicyclic) bond motifs is 4. The average Bonchev–Trinajstić information content (AvgIpc) is 3.47. The van der Waals surface area contributed by atoms with E-state index in [1.165, 1.54) is 0 Å². The molecular weight excluding hydrogens is 336 g/mol. The Morgan fingerprint density at radius 3 is 2.77 bits per heavy atom. The first-order valence-electron chi connectivity index (χ1n) is 9.95. The third kappa shape index (κ3) is 1.14. The van der Waals surface area contributed by atoms with Gasteiger partial charge in [0, 0.05) is 11.0 Å². The summed E-state index contributed by atoms with van der Waals surface area (Å²) in [5, 5.41) is 11.4. The zero-order valence-electron chi connectivity index (χ0n) is 15.3. The smallest absolute Gasteiger partial charge is 0.334 e. The Balaban J connectivity index is 1.39. The quantitative estimate of drug-likeness (QED) is 0.557. The molecule has 9 atom stereocenters. The van der Waals surface area contributed by atoms with Crippen LogP contribution in [0.5, 0.6) is 0 Å². The number of aliphatic hydroxyl groups is 1. The summed E-state index contributed by atoms with van der Waals surface area (Å²) in [4.78, 5) is 12.1. The van der Waals surface area contributed by atoms with Crippen LogP contribution in [-0.2, 0) is 23.7 Å². The first kappa shape index (κ1) is 15.0. The molecule has 4 aliphatic heterocycles. The molecule has 3 saturated heterocycles. The van der Waals surface area contributed by atoms with E-state index in [1.54, 1.807) is 0 Å². The average molecular weight is 360 g/mol. The molecule has 7 aliphatic rings. The molecule has 5 fully saturated rings. The minimum Gasteiger partial charge on any atom is -0.458 e. The number of esters is 1. The summed E-state index contributed by atoms with van der Waals surface area (Å²) in [6.45, 7) is 6.91. The summed E-state index contributed by atoms with van der Waals surface area (Å²) in [7, 11) is 0. The number of carbonyl (C=O) groups excluding carboxylic acids is 1. The van der Waals surface area contributed by atoms with Crippen molar-refractivity contribution in [2.24, 2.45) is 17.3 Å². The van der Waals surface area contributed by atoms with Crippen LogP contribution in [0.1, 0.15) is 40.0 Å². The van der Waals surface area contributed by atoms with Gasteiger partial charge in [-0.25, -0.2) is 4.79 Å². The number of rotatable bonds is 1. The molecule has 2 spiro atoms. The lowest BCUT2D eigenvalue weighted by Gasteiger charge is -2.53. The highest BCUT2D eigenvalue weighted by molar-refractivity contribution is 5.92. The molecule has 0 aromatic rings. The summed E-state index contributed by atoms with van der Waals surface area (Å²) in [5.74, 6) is 0.297. The van der Waals surface area contributed by atoms with Crippen LogP contribution in [0, 0.1) is 17.3 Å². The minimum atomic E-state index is -0.654. The number of hydrogen-bond acceptors (Lipinski definition) is 6. The highest BCUT2D eigenvalue weighted by Gasteiger charge is 3.00. The predicted molar refractivity (Wildman–Crippen MR) is 87.1 cm³/mol. The van der Waals surface area contributed by atoms with Crippen LogP contribution >= 0.6 is 0 Å². The fourth-order valence-electron chi connectivity index (χ4n) is 7.70. The van der Waals surface area contributed by atoms with Crippen LogP contribution in [0.15, 0.2) is 11.1 Å². The largest absolute Gasteiger partial charge is 0.458 e. The van der Waals surface area contributed by atoms with Crippen molar-refractivity contribution in [3.8, 4) is 0 Å². The van der Waals surface area contributed by atoms with Gasteiger partial charge in [-0.15, -0.1) is 0 Å². The Hall–Kier alpha value is -0.950. The van der Waals surface area contributed by atoms with E-state index in [9.17, 15) is 9.90 Å². The molecule has 0 bridgehead atoms. The Labute approximate surface area is 151 Å². The number of epoxide rings is 3. The van der Waals surface area contributed by atoms with Crippen molar-refractivity contribution in [1.82, 2.24) is 0 Å². The van der Waals surface area contributed by atoms with Gasteiger partial charge in [0.25, 0.3) is 0 Å². The van der Waals surface area contributed by atoms with E-state index in [0.29, 0.717) is 6.61 Å². The molecule has 6 heteroatoms. The van der Waals surface area contributed by atoms with Crippen LogP contribution in [0.3, 0.4) is 0 Å². The summed E-state index contributed by atoms with van der Waals surface area (Å²) in [6, 6.07) is 0. The molecule has 0 aromatic heterocycles. The third-order valence-electron chi connectivity index (χ3n) is 9.10. The van der Waals surface area contributed by atoms with Gasteiger partial charge in [-0.2, -0.15) is 0 Å². The summed E-state index contributed by atoms with van der Waals surface area (Å²) < 4.78 is 24.3. The summed E-state index contributed by atoms with van der Waals surface area (Å²) in [5.41, 5.74) is 0.230. The monoisotopic (exact) mass is 360 g/mol. The molecule has 2 unspecified atom stereocenters. The van der Waals surface area contributed by atoms with Gasteiger partial charge in [-0.3, -0.25) is 0 Å². The summed E-state index contributed by atoms with van der Waals surface area (Å²) in [6.07, 6.45) is 1.71. The van der Waals surface area contributed by atoms with Crippen molar-refractivity contribution >= 4 is 5.97 Å². The molecule has 4 heterocycles. The Morgan fingerprint density at radius 1 is 1.19 bits per heavy atom. The van der Waals surface area contributed by atoms with Gasteiger partial charge >= 0.3 is 5.97 Å². The molecule has 6 nitrogen and oxygen atoms in total. The number of cyclic esters (lactones) is 1. The fraction of sp³-hybridized carbons (Fsp3) is 0.850. The lowest BCUT2D eigenvalue weighted by molar-refractivity contribution is -0.136. The second kappa shape index (κ2) is 3.79. The van der Waals surface area contributed by atoms with Gasteiger partial charge in [0.2, 0.25) is 0 Å². The summed E-state index contributed by atoms with van der Waals surface area (Å²) >= 11 is 0. The molecule has 0 radical (unpaired) electrons. The highest BCUT2D eigenvalue weighted by Crippen LogP contribution is 2.82. The van der Waals surface area contributed by atoms with E-state index in [1.807, 2.05) is 0 Å². The van der Waals surface area contributed by atoms with E-state index in [4.69, 9.17) is 18.9 Å². The van der Waals surface area contributed by atoms with Crippen LogP contribution in [0.4, 0.5) is 0 Å². The third-order valence-corrected chi connectivity index (χ3v) is 9.10. The minimum absolute atomic E-state index is 0.00808. The first-order chi connectivity index (χ1) is 12.3. The fourth-order valence-corrected chi connectivity index (χ4v) is 7.70. The molecule has 2 saturated carbocycles. The molecule has 140 valence electrons. The van der Waals surface area contributed by atoms with Gasteiger partial charge in [0.15, 0.2) is 5.60 Å². The Bertz CT molecular complexity index is 819. The molecule has 3 aliphatic carbocycles. The normalized spacial score (nSPS) is 63.1. The van der Waals surface area contributed by atoms with E-state index < -0.39 is 22.9 Å². The van der Waals surface area contributed by atoms with Crippen LogP contribution in [-0.4, -0.2) is 58.9 Å². The number of carbonyl (C=O) groups is 1. The van der Waals surface area contributed by atoms with Crippen molar-refractivity contribution in [3.05, 3.63) is 11.1 Å². The van der Waals surface area contributed by atoms with Crippen molar-refractivity contribution in [2.75, 3.05) is 6.61 Å². The molecule has 0 aromatic carbocycles. The van der Waals surface area contributed by atoms with Crippen LogP contribution in [0.2, 0.25) is 0 Å².